The Bertz CT molecular complexity index is 3330. The molecular weight excluding hydrogens is 1000 g/mol. The molecule has 5 heterocycles. The summed E-state index contributed by atoms with van der Waals surface area (Å²) >= 11 is 8.07. The van der Waals surface area contributed by atoms with E-state index < -0.39 is 76.4 Å². The molecule has 1 aliphatic heterocycles. The van der Waals surface area contributed by atoms with E-state index in [1.807, 2.05) is 52.0 Å². The van der Waals surface area contributed by atoms with Crippen molar-refractivity contribution in [2.75, 3.05) is 11.9 Å². The zero-order chi connectivity index (χ0) is 53.0. The van der Waals surface area contributed by atoms with E-state index >= 15 is 0 Å². The number of nitrogens with zero attached hydrogens (tertiary/aromatic N) is 10. The summed E-state index contributed by atoms with van der Waals surface area (Å²) in [5.41, 5.74) is 2.60. The first-order chi connectivity index (χ1) is 35.2. The van der Waals surface area contributed by atoms with Gasteiger partial charge in [-0.3, -0.25) is 28.3 Å². The second-order valence-corrected chi connectivity index (χ2v) is 20.7. The minimum absolute atomic E-state index is 0.0396. The molecule has 8 rings (SSSR count). The van der Waals surface area contributed by atoms with Gasteiger partial charge in [-0.05, 0) is 54.5 Å². The number of aromatic nitrogens is 9. The van der Waals surface area contributed by atoms with Crippen LogP contribution in [0.1, 0.15) is 81.8 Å². The molecule has 0 radical (unpaired) electrons. The number of hydrogen-bond acceptors (Lipinski definition) is 13. The van der Waals surface area contributed by atoms with E-state index in [0.717, 1.165) is 30.8 Å². The van der Waals surface area contributed by atoms with Crippen molar-refractivity contribution in [1.82, 2.24) is 59.4 Å². The van der Waals surface area contributed by atoms with Gasteiger partial charge in [0, 0.05) is 62.7 Å². The van der Waals surface area contributed by atoms with E-state index in [-0.39, 0.29) is 60.7 Å². The highest BCUT2D eigenvalue weighted by Gasteiger charge is 2.44. The van der Waals surface area contributed by atoms with Gasteiger partial charge in [0.15, 0.2) is 11.6 Å². The Morgan fingerprint density at radius 3 is 2.42 bits per heavy atom. The van der Waals surface area contributed by atoms with Crippen molar-refractivity contribution in [2.24, 2.45) is 12.5 Å². The number of amides is 3. The quantitative estimate of drug-likeness (QED) is 0.0542. The molecule has 1 fully saturated rings. The van der Waals surface area contributed by atoms with Gasteiger partial charge >= 0.3 is 11.4 Å². The van der Waals surface area contributed by atoms with Crippen molar-refractivity contribution >= 4 is 63.2 Å². The fourth-order valence-corrected chi connectivity index (χ4v) is 9.77. The number of rotatable bonds is 19. The van der Waals surface area contributed by atoms with E-state index in [1.165, 1.54) is 9.58 Å². The molecule has 4 aromatic heterocycles. The maximum absolute atomic E-state index is 14.9. The average molecular weight is 1060 g/mol. The van der Waals surface area contributed by atoms with Crippen LogP contribution in [0.3, 0.4) is 0 Å². The van der Waals surface area contributed by atoms with Gasteiger partial charge in [-0.2, -0.15) is 10.1 Å². The number of halogens is 4. The van der Waals surface area contributed by atoms with Gasteiger partial charge < -0.3 is 26.0 Å². The third kappa shape index (κ3) is 12.4. The van der Waals surface area contributed by atoms with Crippen LogP contribution in [0.4, 0.5) is 24.8 Å². The van der Waals surface area contributed by atoms with Crippen molar-refractivity contribution in [1.29, 1.82) is 0 Å². The second-order valence-electron chi connectivity index (χ2n) is 19.4. The Labute approximate surface area is 431 Å². The smallest absolute Gasteiger partial charge is 0.355 e. The first kappa shape index (κ1) is 53.1. The van der Waals surface area contributed by atoms with Crippen LogP contribution < -0.4 is 27.3 Å². The fraction of sp³-hybridized carbons (Fsp3) is 0.400. The van der Waals surface area contributed by atoms with Gasteiger partial charge in [-0.25, -0.2) is 32.3 Å². The van der Waals surface area contributed by atoms with Crippen molar-refractivity contribution < 1.29 is 32.7 Å². The number of nitrogens with one attached hydrogen (secondary N) is 3. The lowest BCUT2D eigenvalue weighted by Crippen LogP contribution is -2.57. The maximum Gasteiger partial charge on any atom is 0.355 e. The van der Waals surface area contributed by atoms with Crippen LogP contribution in [0, 0.1) is 29.8 Å². The molecular formula is C50H55ClF3N13O6S. The fourth-order valence-electron chi connectivity index (χ4n) is 8.75. The molecule has 4 N–H and O–H groups in total. The van der Waals surface area contributed by atoms with E-state index in [0.29, 0.717) is 55.3 Å². The molecule has 7 aromatic rings. The predicted molar refractivity (Wildman–Crippen MR) is 271 cm³/mol. The number of likely N-dealkylation sites (tertiary alicyclic amines) is 1. The first-order valence-corrected chi connectivity index (χ1v) is 25.2. The normalized spacial score (nSPS) is 15.2. The summed E-state index contributed by atoms with van der Waals surface area (Å²) in [5, 5.41) is 32.7. The number of β-amino-alcohol motifs (C(OH)–C–C–N with tert-alkyl or cyclic N) is 1. The average Bonchev–Trinajstić information content (AvgIpc) is 4.16. The number of benzene rings is 3. The van der Waals surface area contributed by atoms with Crippen LogP contribution in [0.5, 0.6) is 0 Å². The number of carbonyl (C=O) groups is 3. The zero-order valence-corrected chi connectivity index (χ0v) is 42.8. The molecule has 19 nitrogen and oxygen atoms in total. The molecule has 24 heteroatoms. The lowest BCUT2D eigenvalue weighted by Gasteiger charge is -2.35. The number of aliphatic hydroxyl groups is 1. The molecule has 0 unspecified atom stereocenters. The number of carbonyl (C=O) groups excluding carboxylic acids is 3. The lowest BCUT2D eigenvalue weighted by molar-refractivity contribution is -0.144. The summed E-state index contributed by atoms with van der Waals surface area (Å²) in [6.45, 7) is 7.01. The van der Waals surface area contributed by atoms with Gasteiger partial charge in [0.05, 0.1) is 57.7 Å². The third-order valence-electron chi connectivity index (χ3n) is 12.7. The summed E-state index contributed by atoms with van der Waals surface area (Å²) in [5.74, 6) is -5.40. The Morgan fingerprint density at radius 2 is 1.69 bits per heavy atom. The van der Waals surface area contributed by atoms with Crippen LogP contribution >= 0.6 is 22.9 Å². The Hall–Kier alpha value is -7.24. The largest absolute Gasteiger partial charge is 0.391 e. The summed E-state index contributed by atoms with van der Waals surface area (Å²) in [7, 11) is 1.72. The molecule has 390 valence electrons. The lowest BCUT2D eigenvalue weighted by atomic mass is 9.85. The highest BCUT2D eigenvalue weighted by molar-refractivity contribution is 7.13. The Kier molecular flexibility index (Phi) is 16.1. The molecule has 74 heavy (non-hydrogen) atoms. The van der Waals surface area contributed by atoms with Crippen LogP contribution in [0.15, 0.2) is 76.0 Å². The number of unbranched alkanes of at least 4 members (excludes halogenated alkanes) is 3. The number of thiazole rings is 1. The van der Waals surface area contributed by atoms with Crippen LogP contribution in [0.2, 0.25) is 5.02 Å². The molecule has 0 bridgehead atoms. The minimum atomic E-state index is -1.42. The Balaban J connectivity index is 0.836. The summed E-state index contributed by atoms with van der Waals surface area (Å²) in [6.07, 6.45) is 5.09. The molecule has 3 amide bonds. The highest BCUT2D eigenvalue weighted by Crippen LogP contribution is 2.31. The molecule has 3 atom stereocenters. The van der Waals surface area contributed by atoms with Crippen molar-refractivity contribution in [2.45, 2.75) is 111 Å². The third-order valence-corrected chi connectivity index (χ3v) is 14.0. The molecule has 1 aliphatic rings. The van der Waals surface area contributed by atoms with Gasteiger partial charge in [0.1, 0.15) is 23.6 Å². The van der Waals surface area contributed by atoms with E-state index in [1.54, 1.807) is 53.1 Å². The molecule has 0 spiro atoms. The van der Waals surface area contributed by atoms with Gasteiger partial charge in [-0.15, -0.1) is 16.4 Å². The predicted octanol–water partition coefficient (Wildman–Crippen LogP) is 5.99. The number of anilines is 2. The second kappa shape index (κ2) is 22.5. The van der Waals surface area contributed by atoms with Gasteiger partial charge in [0.25, 0.3) is 0 Å². The monoisotopic (exact) mass is 1060 g/mol. The van der Waals surface area contributed by atoms with Crippen molar-refractivity contribution in [3.05, 3.63) is 132 Å². The molecule has 0 saturated carbocycles. The van der Waals surface area contributed by atoms with Crippen LogP contribution in [-0.2, 0) is 47.6 Å². The topological polar surface area (TPSA) is 229 Å². The highest BCUT2D eigenvalue weighted by atomic mass is 35.5. The molecule has 3 aromatic carbocycles. The molecule has 1 saturated heterocycles. The number of aryl methyl sites for hydroxylation is 3. The maximum atomic E-state index is 14.9. The zero-order valence-electron chi connectivity index (χ0n) is 41.2. The summed E-state index contributed by atoms with van der Waals surface area (Å²) < 4.78 is 47.9. The van der Waals surface area contributed by atoms with Gasteiger partial charge in [0.2, 0.25) is 23.7 Å². The minimum Gasteiger partial charge on any atom is -0.391 e. The SMILES string of the molecule is Cc1ncsc1-c1ccc(CNC(=O)[C@@H]2C[C@@H](O)CN2C(=O)[C@@H](NC(=O)CCCCCCn2cc(Cn3c(=O)nc(Nc4cc5cn(C)nc5cc4Cl)n(Cc4cc(F)c(F)cc4F)c3=O)nn2)C(C)(C)C)cc1. The van der Waals surface area contributed by atoms with E-state index in [4.69, 9.17) is 11.6 Å². The summed E-state index contributed by atoms with van der Waals surface area (Å²) in [6, 6.07) is 10.1. The van der Waals surface area contributed by atoms with Crippen LogP contribution in [-0.4, -0.2) is 96.3 Å². The molecule has 0 aliphatic carbocycles. The summed E-state index contributed by atoms with van der Waals surface area (Å²) in [4.78, 5) is 79.2. The van der Waals surface area contributed by atoms with Crippen molar-refractivity contribution in [3.8, 4) is 10.4 Å². The number of aliphatic hydroxyl groups excluding tert-OH is 1. The number of hydrogen-bond donors (Lipinski definition) is 4. The Morgan fingerprint density at radius 1 is 0.946 bits per heavy atom. The van der Waals surface area contributed by atoms with Crippen LogP contribution in [0.25, 0.3) is 21.3 Å². The first-order valence-electron chi connectivity index (χ1n) is 23.9. The van der Waals surface area contributed by atoms with Gasteiger partial charge in [-0.1, -0.05) is 74.7 Å². The standard InChI is InChI=1S/C50H55ClF3N13O6S/c1-28-43(74-27-56-28)30-13-11-29(12-14-30)21-55-45(70)41-18-34(68)26-65(41)46(71)44(50(2,3)4)58-42(69)10-8-6-7-9-15-64-24-33(60-62-64)25-67-48(72)59-47(57-40-17-32-22-63(5)61-39(32)19-35(40)51)66(49(67)73)23-31-16-37(53)38(54)20-36(31)52/h11-14,16-17,19-20,22,24,27,34,41,44,68H,6-10,15,18,21,23,25-26H2,1-5H3,(H,55,70)(H,58,69)(H,57,59,72)/t34-,41+,44-/m1/s1. The van der Waals surface area contributed by atoms with Crippen molar-refractivity contribution in [3.63, 3.8) is 0 Å². The van der Waals surface area contributed by atoms with E-state index in [2.05, 4.69) is 41.3 Å². The number of fused-ring (bicyclic) bond motifs is 1. The van der Waals surface area contributed by atoms with E-state index in [9.17, 15) is 42.3 Å².